The van der Waals surface area contributed by atoms with Gasteiger partial charge in [0, 0.05) is 23.5 Å². The van der Waals surface area contributed by atoms with Gasteiger partial charge in [0.25, 0.3) is 0 Å². The third kappa shape index (κ3) is 3.14. The number of pyridine rings is 1. The molecule has 19 heavy (non-hydrogen) atoms. The van der Waals surface area contributed by atoms with Crippen LogP contribution in [0.5, 0.6) is 0 Å². The minimum atomic E-state index is 0.0464. The van der Waals surface area contributed by atoms with Crippen molar-refractivity contribution in [3.63, 3.8) is 0 Å². The molecule has 0 spiro atoms. The summed E-state index contributed by atoms with van der Waals surface area (Å²) in [4.78, 5) is 14.9. The molecule has 1 N–H and O–H groups in total. The molecular weight excluding hydrogens is 234 g/mol. The third-order valence-electron chi connectivity index (χ3n) is 3.23. The van der Waals surface area contributed by atoms with Crippen molar-refractivity contribution in [2.45, 2.75) is 40.0 Å². The maximum atomic E-state index is 11.6. The van der Waals surface area contributed by atoms with Crippen molar-refractivity contribution < 1.29 is 0 Å². The summed E-state index contributed by atoms with van der Waals surface area (Å²) in [6.07, 6.45) is 0. The smallest absolute Gasteiger partial charge is 0.182 e. The van der Waals surface area contributed by atoms with Crippen LogP contribution in [0.15, 0.2) is 35.1 Å². The van der Waals surface area contributed by atoms with E-state index in [0.717, 1.165) is 17.0 Å². The molecule has 2 aromatic rings. The standard InChI is InChI=1S/C17H21NO/c1-11-6-13(9-14(7-11)17(3,4)5)16-10-15(19)8-12(2)18-16/h6-10H,1-5H3,(H,18,19). The van der Waals surface area contributed by atoms with Gasteiger partial charge in [0.2, 0.25) is 0 Å². The van der Waals surface area contributed by atoms with Crippen LogP contribution in [0.2, 0.25) is 0 Å². The summed E-state index contributed by atoms with van der Waals surface area (Å²) in [5.74, 6) is 0. The van der Waals surface area contributed by atoms with Crippen LogP contribution in [-0.2, 0) is 5.41 Å². The number of aromatic nitrogens is 1. The van der Waals surface area contributed by atoms with Crippen LogP contribution < -0.4 is 5.43 Å². The monoisotopic (exact) mass is 255 g/mol. The van der Waals surface area contributed by atoms with Gasteiger partial charge in [-0.1, -0.05) is 32.4 Å². The average molecular weight is 255 g/mol. The summed E-state index contributed by atoms with van der Waals surface area (Å²) < 4.78 is 0. The minimum Gasteiger partial charge on any atom is -0.358 e. The lowest BCUT2D eigenvalue weighted by molar-refractivity contribution is 0.590. The Bertz CT molecular complexity index is 660. The van der Waals surface area contributed by atoms with E-state index in [-0.39, 0.29) is 10.8 Å². The quantitative estimate of drug-likeness (QED) is 0.822. The first-order valence-corrected chi connectivity index (χ1v) is 6.59. The Labute approximate surface area is 114 Å². The maximum absolute atomic E-state index is 11.6. The summed E-state index contributed by atoms with van der Waals surface area (Å²) in [6, 6.07) is 9.76. The van der Waals surface area contributed by atoms with Crippen molar-refractivity contribution in [2.75, 3.05) is 0 Å². The van der Waals surface area contributed by atoms with Crippen LogP contribution in [0.3, 0.4) is 0 Å². The topological polar surface area (TPSA) is 32.9 Å². The maximum Gasteiger partial charge on any atom is 0.182 e. The molecule has 0 radical (unpaired) electrons. The molecule has 0 aliphatic rings. The van der Waals surface area contributed by atoms with E-state index in [1.165, 1.54) is 11.1 Å². The van der Waals surface area contributed by atoms with E-state index in [0.29, 0.717) is 0 Å². The average Bonchev–Trinajstić information content (AvgIpc) is 2.25. The lowest BCUT2D eigenvalue weighted by atomic mass is 9.85. The molecular formula is C17H21NO. The fourth-order valence-corrected chi connectivity index (χ4v) is 2.21. The number of aromatic amines is 1. The van der Waals surface area contributed by atoms with Crippen LogP contribution >= 0.6 is 0 Å². The van der Waals surface area contributed by atoms with Crippen molar-refractivity contribution in [1.82, 2.24) is 4.98 Å². The van der Waals surface area contributed by atoms with Gasteiger partial charge in [-0.25, -0.2) is 0 Å². The van der Waals surface area contributed by atoms with Crippen LogP contribution in [-0.4, -0.2) is 4.98 Å². The van der Waals surface area contributed by atoms with Gasteiger partial charge in [-0.05, 0) is 42.5 Å². The van der Waals surface area contributed by atoms with Crippen LogP contribution in [0, 0.1) is 13.8 Å². The van der Waals surface area contributed by atoms with Gasteiger partial charge < -0.3 is 4.98 Å². The highest BCUT2D eigenvalue weighted by Crippen LogP contribution is 2.28. The highest BCUT2D eigenvalue weighted by atomic mass is 16.1. The van der Waals surface area contributed by atoms with Crippen LogP contribution in [0.4, 0.5) is 0 Å². The second-order valence-corrected chi connectivity index (χ2v) is 6.25. The second-order valence-electron chi connectivity index (χ2n) is 6.25. The molecule has 2 nitrogen and oxygen atoms in total. The van der Waals surface area contributed by atoms with E-state index in [4.69, 9.17) is 0 Å². The molecule has 0 unspecified atom stereocenters. The molecule has 0 saturated heterocycles. The molecule has 100 valence electrons. The zero-order valence-electron chi connectivity index (χ0n) is 12.3. The fourth-order valence-electron chi connectivity index (χ4n) is 2.21. The molecule has 1 heterocycles. The molecule has 2 rings (SSSR count). The number of rotatable bonds is 1. The number of hydrogen-bond acceptors (Lipinski definition) is 1. The summed E-state index contributed by atoms with van der Waals surface area (Å²) in [7, 11) is 0. The Kier molecular flexibility index (Phi) is 3.36. The first kappa shape index (κ1) is 13.6. The number of nitrogens with one attached hydrogen (secondary N) is 1. The van der Waals surface area contributed by atoms with Gasteiger partial charge in [-0.2, -0.15) is 0 Å². The second kappa shape index (κ2) is 4.69. The van der Waals surface area contributed by atoms with E-state index < -0.39 is 0 Å². The Balaban J connectivity index is 2.62. The molecule has 0 aliphatic carbocycles. The van der Waals surface area contributed by atoms with Crippen LogP contribution in [0.1, 0.15) is 37.6 Å². The molecule has 0 fully saturated rings. The minimum absolute atomic E-state index is 0.0464. The highest BCUT2D eigenvalue weighted by molar-refractivity contribution is 5.62. The summed E-state index contributed by atoms with van der Waals surface area (Å²) in [5, 5.41) is 0. The zero-order chi connectivity index (χ0) is 14.2. The van der Waals surface area contributed by atoms with Crippen molar-refractivity contribution >= 4 is 0 Å². The molecule has 1 aromatic carbocycles. The van der Waals surface area contributed by atoms with Crippen molar-refractivity contribution in [1.29, 1.82) is 0 Å². The Morgan fingerprint density at radius 2 is 1.63 bits per heavy atom. The van der Waals surface area contributed by atoms with Crippen LogP contribution in [0.25, 0.3) is 11.3 Å². The van der Waals surface area contributed by atoms with E-state index >= 15 is 0 Å². The number of H-pyrrole nitrogens is 1. The fraction of sp³-hybridized carbons (Fsp3) is 0.353. The SMILES string of the molecule is Cc1cc(-c2cc(=O)cc(C)[nH]2)cc(C(C)(C)C)c1. The van der Waals surface area contributed by atoms with Crippen molar-refractivity contribution in [3.8, 4) is 11.3 Å². The van der Waals surface area contributed by atoms with E-state index in [1.807, 2.05) is 6.92 Å². The lowest BCUT2D eigenvalue weighted by Crippen LogP contribution is -2.11. The molecule has 0 bridgehead atoms. The predicted octanol–water partition coefficient (Wildman–Crippen LogP) is 3.96. The lowest BCUT2D eigenvalue weighted by Gasteiger charge is -2.21. The molecule has 2 heteroatoms. The van der Waals surface area contributed by atoms with Gasteiger partial charge in [0.1, 0.15) is 0 Å². The number of hydrogen-bond donors (Lipinski definition) is 1. The highest BCUT2D eigenvalue weighted by Gasteiger charge is 2.15. The first-order chi connectivity index (χ1) is 8.75. The molecule has 1 aromatic heterocycles. The number of aryl methyl sites for hydroxylation is 2. The van der Waals surface area contributed by atoms with Gasteiger partial charge in [-0.15, -0.1) is 0 Å². The Morgan fingerprint density at radius 1 is 0.947 bits per heavy atom. The van der Waals surface area contributed by atoms with E-state index in [1.54, 1.807) is 12.1 Å². The largest absolute Gasteiger partial charge is 0.358 e. The van der Waals surface area contributed by atoms with Gasteiger partial charge in [0.15, 0.2) is 5.43 Å². The van der Waals surface area contributed by atoms with Crippen molar-refractivity contribution in [2.24, 2.45) is 0 Å². The summed E-state index contributed by atoms with van der Waals surface area (Å²) >= 11 is 0. The summed E-state index contributed by atoms with van der Waals surface area (Å²) in [6.45, 7) is 10.6. The molecule has 0 saturated carbocycles. The third-order valence-corrected chi connectivity index (χ3v) is 3.23. The first-order valence-electron chi connectivity index (χ1n) is 6.59. The Hall–Kier alpha value is -1.83. The van der Waals surface area contributed by atoms with Gasteiger partial charge >= 0.3 is 0 Å². The Morgan fingerprint density at radius 3 is 2.21 bits per heavy atom. The van der Waals surface area contributed by atoms with E-state index in [2.05, 4.69) is 50.9 Å². The van der Waals surface area contributed by atoms with Crippen molar-refractivity contribution in [3.05, 3.63) is 57.4 Å². The zero-order valence-corrected chi connectivity index (χ0v) is 12.3. The summed E-state index contributed by atoms with van der Waals surface area (Å²) in [5.41, 5.74) is 5.50. The van der Waals surface area contributed by atoms with Gasteiger partial charge in [-0.3, -0.25) is 4.79 Å². The predicted molar refractivity (Wildman–Crippen MR) is 80.7 cm³/mol. The normalized spacial score (nSPS) is 11.6. The van der Waals surface area contributed by atoms with E-state index in [9.17, 15) is 4.79 Å². The van der Waals surface area contributed by atoms with Gasteiger partial charge in [0.05, 0.1) is 0 Å². The molecule has 0 aliphatic heterocycles. The molecule has 0 amide bonds. The molecule has 0 atom stereocenters. The number of benzene rings is 1.